The third-order valence-electron chi connectivity index (χ3n) is 2.37. The Balaban J connectivity index is 2.09. The van der Waals surface area contributed by atoms with Crippen molar-refractivity contribution in [2.45, 2.75) is 17.6 Å². The Bertz CT molecular complexity index is 577. The molecule has 0 bridgehead atoms. The maximum absolute atomic E-state index is 10.8. The molecule has 0 amide bonds. The molecule has 2 rings (SSSR count). The van der Waals surface area contributed by atoms with Crippen LogP contribution in [-0.2, 0) is 5.75 Å². The SMILES string of the molecule is Cc1cc(CSc2ccccc2Cl)oc1C(=O)O. The number of carboxylic acid groups (broad SMARTS) is 1. The predicted molar refractivity (Wildman–Crippen MR) is 71.4 cm³/mol. The van der Waals surface area contributed by atoms with E-state index in [1.54, 1.807) is 13.0 Å². The van der Waals surface area contributed by atoms with Crippen molar-refractivity contribution < 1.29 is 14.3 Å². The maximum Gasteiger partial charge on any atom is 0.372 e. The van der Waals surface area contributed by atoms with Crippen molar-refractivity contribution in [2.24, 2.45) is 0 Å². The van der Waals surface area contributed by atoms with Crippen LogP contribution in [0.25, 0.3) is 0 Å². The van der Waals surface area contributed by atoms with Gasteiger partial charge in [-0.3, -0.25) is 0 Å². The van der Waals surface area contributed by atoms with E-state index in [1.807, 2.05) is 24.3 Å². The van der Waals surface area contributed by atoms with Crippen molar-refractivity contribution in [3.8, 4) is 0 Å². The van der Waals surface area contributed by atoms with E-state index in [2.05, 4.69) is 0 Å². The third kappa shape index (κ3) is 2.89. The zero-order valence-corrected chi connectivity index (χ0v) is 11.2. The molecule has 1 aromatic carbocycles. The molecule has 0 radical (unpaired) electrons. The number of hydrogen-bond donors (Lipinski definition) is 1. The van der Waals surface area contributed by atoms with Crippen molar-refractivity contribution in [2.75, 3.05) is 0 Å². The summed E-state index contributed by atoms with van der Waals surface area (Å²) < 4.78 is 5.27. The number of benzene rings is 1. The van der Waals surface area contributed by atoms with E-state index in [9.17, 15) is 4.79 Å². The van der Waals surface area contributed by atoms with Gasteiger partial charge in [0.15, 0.2) is 0 Å². The van der Waals surface area contributed by atoms with Gasteiger partial charge >= 0.3 is 5.97 Å². The number of furan rings is 1. The van der Waals surface area contributed by atoms with Crippen LogP contribution in [0, 0.1) is 6.92 Å². The number of aromatic carboxylic acids is 1. The number of hydrogen-bond acceptors (Lipinski definition) is 3. The first-order chi connectivity index (χ1) is 8.58. The van der Waals surface area contributed by atoms with Gasteiger partial charge in [-0.25, -0.2) is 4.79 Å². The Morgan fingerprint density at radius 3 is 2.78 bits per heavy atom. The lowest BCUT2D eigenvalue weighted by Crippen LogP contribution is -1.94. The molecular formula is C13H11ClO3S. The Hall–Kier alpha value is -1.39. The minimum atomic E-state index is -1.04. The van der Waals surface area contributed by atoms with E-state index < -0.39 is 5.97 Å². The molecule has 1 aromatic heterocycles. The minimum absolute atomic E-state index is 0.00441. The Kier molecular flexibility index (Phi) is 3.99. The zero-order chi connectivity index (χ0) is 13.1. The molecule has 3 nitrogen and oxygen atoms in total. The summed E-state index contributed by atoms with van der Waals surface area (Å²) in [6.07, 6.45) is 0. The highest BCUT2D eigenvalue weighted by Crippen LogP contribution is 2.30. The molecule has 0 atom stereocenters. The lowest BCUT2D eigenvalue weighted by Gasteiger charge is -2.01. The lowest BCUT2D eigenvalue weighted by atomic mass is 10.3. The normalized spacial score (nSPS) is 10.6. The number of carbonyl (C=O) groups is 1. The number of thioether (sulfide) groups is 1. The van der Waals surface area contributed by atoms with Gasteiger partial charge in [-0.05, 0) is 25.1 Å². The van der Waals surface area contributed by atoms with Crippen LogP contribution in [0.3, 0.4) is 0 Å². The number of carboxylic acids is 1. The van der Waals surface area contributed by atoms with Gasteiger partial charge in [0.25, 0.3) is 0 Å². The van der Waals surface area contributed by atoms with E-state index in [1.165, 1.54) is 11.8 Å². The van der Waals surface area contributed by atoms with E-state index in [4.69, 9.17) is 21.1 Å². The number of halogens is 1. The highest BCUT2D eigenvalue weighted by atomic mass is 35.5. The summed E-state index contributed by atoms with van der Waals surface area (Å²) in [5.74, 6) is 0.152. The Morgan fingerprint density at radius 1 is 1.44 bits per heavy atom. The molecule has 0 saturated heterocycles. The molecule has 0 aliphatic heterocycles. The standard InChI is InChI=1S/C13H11ClO3S/c1-8-6-9(17-12(8)13(15)16)7-18-11-5-3-2-4-10(11)14/h2-6H,7H2,1H3,(H,15,16). The van der Waals surface area contributed by atoms with Crippen LogP contribution in [0.4, 0.5) is 0 Å². The van der Waals surface area contributed by atoms with E-state index in [0.29, 0.717) is 22.1 Å². The lowest BCUT2D eigenvalue weighted by molar-refractivity contribution is 0.0659. The van der Waals surface area contributed by atoms with Crippen LogP contribution in [-0.4, -0.2) is 11.1 Å². The fourth-order valence-corrected chi connectivity index (χ4v) is 2.66. The van der Waals surface area contributed by atoms with E-state index in [-0.39, 0.29) is 5.76 Å². The maximum atomic E-state index is 10.8. The average Bonchev–Trinajstić information content (AvgIpc) is 2.70. The summed E-state index contributed by atoms with van der Waals surface area (Å²) in [6.45, 7) is 1.72. The van der Waals surface area contributed by atoms with Gasteiger partial charge < -0.3 is 9.52 Å². The van der Waals surface area contributed by atoms with Crippen LogP contribution in [0.5, 0.6) is 0 Å². The Labute approximate surface area is 114 Å². The number of rotatable bonds is 4. The van der Waals surface area contributed by atoms with Gasteiger partial charge in [0.2, 0.25) is 5.76 Å². The first kappa shape index (κ1) is 13.1. The van der Waals surface area contributed by atoms with Gasteiger partial charge in [0, 0.05) is 10.5 Å². The smallest absolute Gasteiger partial charge is 0.372 e. The van der Waals surface area contributed by atoms with Crippen molar-refractivity contribution in [3.05, 3.63) is 52.4 Å². The summed E-state index contributed by atoms with van der Waals surface area (Å²) in [6, 6.07) is 9.25. The molecule has 0 aliphatic carbocycles. The summed E-state index contributed by atoms with van der Waals surface area (Å²) >= 11 is 7.55. The first-order valence-electron chi connectivity index (χ1n) is 5.28. The molecule has 0 fully saturated rings. The van der Waals surface area contributed by atoms with Crippen molar-refractivity contribution in [1.82, 2.24) is 0 Å². The molecule has 2 aromatic rings. The first-order valence-corrected chi connectivity index (χ1v) is 6.64. The van der Waals surface area contributed by atoms with Crippen LogP contribution in [0.15, 0.2) is 39.6 Å². The Morgan fingerprint density at radius 2 is 2.17 bits per heavy atom. The van der Waals surface area contributed by atoms with E-state index in [0.717, 1.165) is 4.90 Å². The van der Waals surface area contributed by atoms with Crippen LogP contribution in [0.2, 0.25) is 5.02 Å². The fraction of sp³-hybridized carbons (Fsp3) is 0.154. The quantitative estimate of drug-likeness (QED) is 0.853. The molecular weight excluding hydrogens is 272 g/mol. The van der Waals surface area contributed by atoms with Gasteiger partial charge in [-0.2, -0.15) is 0 Å². The highest BCUT2D eigenvalue weighted by molar-refractivity contribution is 7.98. The summed E-state index contributed by atoms with van der Waals surface area (Å²) in [7, 11) is 0. The number of aryl methyl sites for hydroxylation is 1. The molecule has 18 heavy (non-hydrogen) atoms. The summed E-state index contributed by atoms with van der Waals surface area (Å²) in [4.78, 5) is 11.8. The van der Waals surface area contributed by atoms with Crippen molar-refractivity contribution in [3.63, 3.8) is 0 Å². The third-order valence-corrected chi connectivity index (χ3v) is 3.91. The van der Waals surface area contributed by atoms with Crippen molar-refractivity contribution in [1.29, 1.82) is 0 Å². The van der Waals surface area contributed by atoms with E-state index >= 15 is 0 Å². The van der Waals surface area contributed by atoms with Gasteiger partial charge in [0.1, 0.15) is 5.76 Å². The fourth-order valence-electron chi connectivity index (χ4n) is 1.54. The molecule has 5 heteroatoms. The largest absolute Gasteiger partial charge is 0.475 e. The molecule has 1 heterocycles. The second-order valence-electron chi connectivity index (χ2n) is 3.75. The molecule has 1 N–H and O–H groups in total. The van der Waals surface area contributed by atoms with Gasteiger partial charge in [-0.15, -0.1) is 11.8 Å². The minimum Gasteiger partial charge on any atom is -0.475 e. The zero-order valence-electron chi connectivity index (χ0n) is 9.64. The monoisotopic (exact) mass is 282 g/mol. The van der Waals surface area contributed by atoms with Crippen LogP contribution in [0.1, 0.15) is 21.9 Å². The molecule has 0 unspecified atom stereocenters. The second kappa shape index (κ2) is 5.50. The molecule has 0 saturated carbocycles. The second-order valence-corrected chi connectivity index (χ2v) is 5.17. The predicted octanol–water partition coefficient (Wildman–Crippen LogP) is 4.23. The molecule has 0 aliphatic rings. The topological polar surface area (TPSA) is 50.4 Å². The molecule has 94 valence electrons. The molecule has 0 spiro atoms. The highest BCUT2D eigenvalue weighted by Gasteiger charge is 2.14. The van der Waals surface area contributed by atoms with Crippen LogP contribution >= 0.6 is 23.4 Å². The van der Waals surface area contributed by atoms with Gasteiger partial charge in [-0.1, -0.05) is 23.7 Å². The van der Waals surface area contributed by atoms with Gasteiger partial charge in [0.05, 0.1) is 10.8 Å². The van der Waals surface area contributed by atoms with Crippen LogP contribution < -0.4 is 0 Å². The van der Waals surface area contributed by atoms with Crippen molar-refractivity contribution >= 4 is 29.3 Å². The average molecular weight is 283 g/mol. The summed E-state index contributed by atoms with van der Waals surface area (Å²) in [5.41, 5.74) is 0.636. The summed E-state index contributed by atoms with van der Waals surface area (Å²) in [5, 5.41) is 9.57.